The summed E-state index contributed by atoms with van der Waals surface area (Å²) >= 11 is 0. The second kappa shape index (κ2) is 54.7. The number of aliphatic hydroxyl groups is 1. The first-order valence-corrected chi connectivity index (χ1v) is 35.5. The summed E-state index contributed by atoms with van der Waals surface area (Å²) in [5.41, 5.74) is 0. The summed E-state index contributed by atoms with van der Waals surface area (Å²) in [6.45, 7) is 9.35. The van der Waals surface area contributed by atoms with Crippen LogP contribution in [0.15, 0.2) is 0 Å². The number of aliphatic hydroxyl groups excluding tert-OH is 1. The molecule has 0 aromatic carbocycles. The summed E-state index contributed by atoms with van der Waals surface area (Å²) in [6, 6.07) is 0. The van der Waals surface area contributed by atoms with Crippen LogP contribution < -0.4 is 0 Å². The van der Waals surface area contributed by atoms with Crippen molar-refractivity contribution in [2.45, 2.75) is 323 Å². The van der Waals surface area contributed by atoms with Crippen LogP contribution in [0.5, 0.6) is 0 Å². The van der Waals surface area contributed by atoms with Crippen LogP contribution >= 0.6 is 15.6 Å². The highest BCUT2D eigenvalue weighted by Gasteiger charge is 2.30. The molecule has 0 rings (SSSR count). The van der Waals surface area contributed by atoms with E-state index in [0.29, 0.717) is 31.6 Å². The van der Waals surface area contributed by atoms with Gasteiger partial charge in [0.15, 0.2) is 12.2 Å². The minimum atomic E-state index is -4.94. The van der Waals surface area contributed by atoms with E-state index >= 15 is 0 Å². The predicted molar refractivity (Wildman–Crippen MR) is 321 cm³/mol. The largest absolute Gasteiger partial charge is 0.472 e. The predicted octanol–water partition coefficient (Wildman–Crippen LogP) is 16.9. The Morgan fingerprint density at radius 1 is 0.333 bits per heavy atom. The summed E-state index contributed by atoms with van der Waals surface area (Å²) in [5.74, 6) is -0.718. The van der Waals surface area contributed by atoms with Crippen molar-refractivity contribution in [2.75, 3.05) is 39.6 Å². The Balaban J connectivity index is 5.23. The van der Waals surface area contributed by atoms with Gasteiger partial charge in [-0.05, 0) is 37.5 Å². The number of phosphoric ester groups is 2. The van der Waals surface area contributed by atoms with Crippen LogP contribution in [-0.4, -0.2) is 96.7 Å². The molecule has 0 fully saturated rings. The number of carbonyl (C=O) groups is 4. The van der Waals surface area contributed by atoms with Crippen molar-refractivity contribution < 1.29 is 80.2 Å². The van der Waals surface area contributed by atoms with Gasteiger partial charge in [0.25, 0.3) is 0 Å². The van der Waals surface area contributed by atoms with Crippen molar-refractivity contribution in [3.63, 3.8) is 0 Å². The van der Waals surface area contributed by atoms with Crippen LogP contribution in [-0.2, 0) is 65.4 Å². The lowest BCUT2D eigenvalue weighted by Crippen LogP contribution is -2.30. The van der Waals surface area contributed by atoms with E-state index in [-0.39, 0.29) is 25.7 Å². The number of esters is 4. The molecule has 0 aliphatic rings. The molecule has 0 saturated heterocycles. The smallest absolute Gasteiger partial charge is 0.462 e. The highest BCUT2D eigenvalue weighted by atomic mass is 31.2. The maximum Gasteiger partial charge on any atom is 0.472 e. The number of rotatable bonds is 61. The quantitative estimate of drug-likeness (QED) is 0.0222. The van der Waals surface area contributed by atoms with E-state index in [2.05, 4.69) is 41.5 Å². The summed E-state index contributed by atoms with van der Waals surface area (Å²) in [6.07, 6.45) is 36.3. The van der Waals surface area contributed by atoms with Crippen LogP contribution in [0.25, 0.3) is 0 Å². The van der Waals surface area contributed by atoms with Gasteiger partial charge in [0.1, 0.15) is 19.3 Å². The molecule has 480 valence electrons. The van der Waals surface area contributed by atoms with Gasteiger partial charge in [0.05, 0.1) is 26.4 Å². The third-order valence-corrected chi connectivity index (χ3v) is 16.1. The third kappa shape index (κ3) is 56.9. The number of hydrogen-bond donors (Lipinski definition) is 3. The molecule has 0 heterocycles. The molecule has 2 unspecified atom stereocenters. The molecule has 0 amide bonds. The Kier molecular flexibility index (Phi) is 53.4. The first-order valence-electron chi connectivity index (χ1n) is 32.5. The first kappa shape index (κ1) is 79.1. The zero-order chi connectivity index (χ0) is 60.1. The standard InChI is InChI=1S/C62H120O17P2/c1-7-9-11-13-15-17-18-19-20-28-34-40-46-61(66)78-57(51-73-60(65)45-39-33-27-22-21-24-30-36-42-54(3)4)52-76-80(68,69)74-48-56(63)49-75-81(70,71)77-53-58(50-72-59(64)44-38-32-26-16-14-12-10-8-2)79-62(67)47-41-35-29-23-25-31-37-43-55(5)6/h54-58,63H,7-53H2,1-6H3,(H,68,69)(H,70,71)/t56-,57-,58-/m1/s1. The maximum absolute atomic E-state index is 12.9. The van der Waals surface area contributed by atoms with Crippen LogP contribution in [0.1, 0.15) is 305 Å². The molecule has 81 heavy (non-hydrogen) atoms. The van der Waals surface area contributed by atoms with Gasteiger partial charge in [-0.1, -0.05) is 253 Å². The molecule has 0 aliphatic heterocycles. The van der Waals surface area contributed by atoms with Gasteiger partial charge < -0.3 is 33.8 Å². The molecule has 3 N–H and O–H groups in total. The second-order valence-corrected chi connectivity index (χ2v) is 26.3. The van der Waals surface area contributed by atoms with Crippen LogP contribution in [0, 0.1) is 11.8 Å². The lowest BCUT2D eigenvalue weighted by molar-refractivity contribution is -0.161. The van der Waals surface area contributed by atoms with Crippen molar-refractivity contribution in [3.05, 3.63) is 0 Å². The van der Waals surface area contributed by atoms with Crippen LogP contribution in [0.3, 0.4) is 0 Å². The lowest BCUT2D eigenvalue weighted by Gasteiger charge is -2.21. The van der Waals surface area contributed by atoms with Crippen molar-refractivity contribution in [3.8, 4) is 0 Å². The minimum Gasteiger partial charge on any atom is -0.462 e. The fourth-order valence-corrected chi connectivity index (χ4v) is 10.8. The molecule has 0 aliphatic carbocycles. The Hall–Kier alpha value is -1.94. The van der Waals surface area contributed by atoms with E-state index in [1.54, 1.807) is 0 Å². The van der Waals surface area contributed by atoms with Crippen LogP contribution in [0.2, 0.25) is 0 Å². The van der Waals surface area contributed by atoms with Crippen molar-refractivity contribution >= 4 is 39.5 Å². The highest BCUT2D eigenvalue weighted by Crippen LogP contribution is 2.45. The zero-order valence-electron chi connectivity index (χ0n) is 52.1. The summed E-state index contributed by atoms with van der Waals surface area (Å²) in [7, 11) is -9.88. The van der Waals surface area contributed by atoms with Crippen molar-refractivity contribution in [1.82, 2.24) is 0 Å². The number of phosphoric acid groups is 2. The average molecular weight is 1200 g/mol. The SMILES string of the molecule is CCCCCCCCCCCCCCC(=O)O[C@H](COC(=O)CCCCCCCCCCC(C)C)COP(=O)(O)OC[C@@H](O)COP(=O)(O)OC[C@@H](COC(=O)CCCCCCCCCC)OC(=O)CCCCCCCCCC(C)C. The van der Waals surface area contributed by atoms with E-state index in [1.807, 2.05) is 0 Å². The van der Waals surface area contributed by atoms with E-state index in [4.69, 9.17) is 37.0 Å². The lowest BCUT2D eigenvalue weighted by atomic mass is 10.0. The van der Waals surface area contributed by atoms with Gasteiger partial charge in [-0.15, -0.1) is 0 Å². The normalized spacial score (nSPS) is 14.4. The number of carbonyl (C=O) groups excluding carboxylic acids is 4. The molecular formula is C62H120O17P2. The summed E-state index contributed by atoms with van der Waals surface area (Å²) in [5, 5.41) is 10.5. The molecule has 19 heteroatoms. The van der Waals surface area contributed by atoms with Gasteiger partial charge in [0.2, 0.25) is 0 Å². The fourth-order valence-electron chi connectivity index (χ4n) is 9.18. The van der Waals surface area contributed by atoms with E-state index < -0.39 is 97.5 Å². The zero-order valence-corrected chi connectivity index (χ0v) is 53.9. The average Bonchev–Trinajstić information content (AvgIpc) is 3.42. The maximum atomic E-state index is 12.9. The molecule has 0 aromatic heterocycles. The molecule has 0 aromatic rings. The Bertz CT molecular complexity index is 1600. The fraction of sp³-hybridized carbons (Fsp3) is 0.935. The highest BCUT2D eigenvalue weighted by molar-refractivity contribution is 7.47. The Labute approximate surface area is 492 Å². The summed E-state index contributed by atoms with van der Waals surface area (Å²) in [4.78, 5) is 72.0. The number of unbranched alkanes of at least 4 members (excludes halogenated alkanes) is 31. The molecule has 5 atom stereocenters. The number of ether oxygens (including phenoxy) is 4. The van der Waals surface area contributed by atoms with Gasteiger partial charge in [-0.3, -0.25) is 37.3 Å². The molecule has 0 radical (unpaired) electrons. The summed E-state index contributed by atoms with van der Waals surface area (Å²) < 4.78 is 67.8. The molecule has 0 bridgehead atoms. The first-order chi connectivity index (χ1) is 38.9. The topological polar surface area (TPSA) is 237 Å². The van der Waals surface area contributed by atoms with Gasteiger partial charge in [-0.25, -0.2) is 9.13 Å². The van der Waals surface area contributed by atoms with Gasteiger partial charge in [0, 0.05) is 25.7 Å². The molecule has 0 spiro atoms. The van der Waals surface area contributed by atoms with Crippen LogP contribution in [0.4, 0.5) is 0 Å². The van der Waals surface area contributed by atoms with Crippen molar-refractivity contribution in [2.24, 2.45) is 11.8 Å². The Morgan fingerprint density at radius 3 is 0.840 bits per heavy atom. The monoisotopic (exact) mass is 1200 g/mol. The number of hydrogen-bond acceptors (Lipinski definition) is 15. The molecule has 17 nitrogen and oxygen atoms in total. The minimum absolute atomic E-state index is 0.103. The third-order valence-electron chi connectivity index (χ3n) is 14.2. The van der Waals surface area contributed by atoms with Gasteiger partial charge in [-0.2, -0.15) is 0 Å². The Morgan fingerprint density at radius 2 is 0.568 bits per heavy atom. The van der Waals surface area contributed by atoms with Gasteiger partial charge >= 0.3 is 39.5 Å². The molecular weight excluding hydrogens is 1080 g/mol. The molecule has 0 saturated carbocycles. The second-order valence-electron chi connectivity index (χ2n) is 23.4. The van der Waals surface area contributed by atoms with E-state index in [9.17, 15) is 43.2 Å². The van der Waals surface area contributed by atoms with E-state index in [0.717, 1.165) is 102 Å². The van der Waals surface area contributed by atoms with E-state index in [1.165, 1.54) is 116 Å². The van der Waals surface area contributed by atoms with Crippen molar-refractivity contribution in [1.29, 1.82) is 0 Å².